The molecule has 4 rings (SSSR count). The molecule has 0 amide bonds. The Hall–Kier alpha value is -3.03. The van der Waals surface area contributed by atoms with Gasteiger partial charge in [-0.25, -0.2) is 9.79 Å². The molecular weight excluding hydrogens is 422 g/mol. The Morgan fingerprint density at radius 3 is 2.70 bits per heavy atom. The third-order valence-electron chi connectivity index (χ3n) is 4.67. The van der Waals surface area contributed by atoms with E-state index in [2.05, 4.69) is 9.98 Å². The van der Waals surface area contributed by atoms with E-state index in [4.69, 9.17) is 16.3 Å². The van der Waals surface area contributed by atoms with Crippen LogP contribution in [0.25, 0.3) is 6.08 Å². The molecule has 0 spiro atoms. The van der Waals surface area contributed by atoms with Crippen LogP contribution in [0.5, 0.6) is 0 Å². The van der Waals surface area contributed by atoms with Crippen molar-refractivity contribution in [3.63, 3.8) is 0 Å². The molecule has 0 fully saturated rings. The molecule has 3 aromatic rings. The number of thiazole rings is 1. The molecule has 1 aliphatic rings. The zero-order valence-corrected chi connectivity index (χ0v) is 17.9. The summed E-state index contributed by atoms with van der Waals surface area (Å²) in [6.07, 6.45) is 3.40. The second-order valence-electron chi connectivity index (χ2n) is 6.61. The van der Waals surface area contributed by atoms with Crippen molar-refractivity contribution in [3.8, 4) is 0 Å². The van der Waals surface area contributed by atoms with Gasteiger partial charge < -0.3 is 4.74 Å². The molecule has 1 aliphatic heterocycles. The minimum atomic E-state index is -0.650. The highest BCUT2D eigenvalue weighted by Crippen LogP contribution is 2.31. The average molecular weight is 440 g/mol. The predicted octanol–water partition coefficient (Wildman–Crippen LogP) is 2.85. The van der Waals surface area contributed by atoms with Gasteiger partial charge in [-0.05, 0) is 49.8 Å². The summed E-state index contributed by atoms with van der Waals surface area (Å²) in [5.74, 6) is -0.488. The van der Waals surface area contributed by atoms with Crippen LogP contribution < -0.4 is 14.9 Å². The molecule has 3 heterocycles. The number of allylic oxidation sites excluding steroid dienone is 1. The lowest BCUT2D eigenvalue weighted by molar-refractivity contribution is -0.139. The van der Waals surface area contributed by atoms with Gasteiger partial charge in [-0.1, -0.05) is 41.1 Å². The monoisotopic (exact) mass is 439 g/mol. The number of rotatable bonds is 4. The standard InChI is InChI=1S/C22H18ClN3O3S/c1-3-29-21(28)18-13(2)25-22-26(19(18)14-7-9-15(23)10-8-14)20(27)17(30-22)12-16-6-4-5-11-24-16/h4-12,19H,3H2,1-2H3/b17-12-. The van der Waals surface area contributed by atoms with E-state index in [0.717, 1.165) is 5.56 Å². The van der Waals surface area contributed by atoms with E-state index in [-0.39, 0.29) is 12.2 Å². The van der Waals surface area contributed by atoms with Crippen molar-refractivity contribution in [2.45, 2.75) is 19.9 Å². The van der Waals surface area contributed by atoms with Gasteiger partial charge in [0.25, 0.3) is 5.56 Å². The first-order valence-corrected chi connectivity index (χ1v) is 10.5. The first kappa shape index (κ1) is 20.3. The van der Waals surface area contributed by atoms with Crippen molar-refractivity contribution in [3.05, 3.63) is 95.9 Å². The third-order valence-corrected chi connectivity index (χ3v) is 5.90. The molecule has 0 saturated heterocycles. The van der Waals surface area contributed by atoms with Crippen LogP contribution in [0, 0.1) is 0 Å². The Morgan fingerprint density at radius 2 is 2.03 bits per heavy atom. The molecule has 30 heavy (non-hydrogen) atoms. The van der Waals surface area contributed by atoms with Crippen molar-refractivity contribution in [1.29, 1.82) is 0 Å². The highest BCUT2D eigenvalue weighted by atomic mass is 35.5. The third kappa shape index (κ3) is 3.74. The number of hydrogen-bond acceptors (Lipinski definition) is 6. The molecule has 1 unspecified atom stereocenters. The fourth-order valence-electron chi connectivity index (χ4n) is 3.35. The second kappa shape index (κ2) is 8.38. The topological polar surface area (TPSA) is 73.6 Å². The summed E-state index contributed by atoms with van der Waals surface area (Å²) in [6, 6.07) is 11.9. The molecule has 8 heteroatoms. The Morgan fingerprint density at radius 1 is 1.27 bits per heavy atom. The molecule has 0 radical (unpaired) electrons. The molecule has 1 aromatic carbocycles. The Kier molecular flexibility index (Phi) is 5.65. The fourth-order valence-corrected chi connectivity index (χ4v) is 4.50. The van der Waals surface area contributed by atoms with Crippen LogP contribution in [-0.2, 0) is 9.53 Å². The SMILES string of the molecule is CCOC(=O)C1=C(C)N=c2s/c(=C\c3ccccn3)c(=O)n2C1c1ccc(Cl)cc1. The molecule has 152 valence electrons. The normalized spacial score (nSPS) is 16.2. The summed E-state index contributed by atoms with van der Waals surface area (Å²) in [7, 11) is 0. The van der Waals surface area contributed by atoms with Crippen molar-refractivity contribution in [2.24, 2.45) is 4.99 Å². The van der Waals surface area contributed by atoms with Gasteiger partial charge in [0.05, 0.1) is 34.1 Å². The van der Waals surface area contributed by atoms with Gasteiger partial charge in [0, 0.05) is 11.2 Å². The van der Waals surface area contributed by atoms with Crippen LogP contribution in [0.3, 0.4) is 0 Å². The zero-order chi connectivity index (χ0) is 21.3. The van der Waals surface area contributed by atoms with Gasteiger partial charge in [0.15, 0.2) is 4.80 Å². The number of ether oxygens (including phenoxy) is 1. The van der Waals surface area contributed by atoms with Gasteiger partial charge >= 0.3 is 5.97 Å². The predicted molar refractivity (Wildman–Crippen MR) is 116 cm³/mol. The molecule has 0 aliphatic carbocycles. The number of benzene rings is 1. The maximum atomic E-state index is 13.4. The Labute approximate surface area is 181 Å². The van der Waals surface area contributed by atoms with E-state index < -0.39 is 12.0 Å². The molecule has 0 N–H and O–H groups in total. The summed E-state index contributed by atoms with van der Waals surface area (Å²) in [5, 5.41) is 0.569. The van der Waals surface area contributed by atoms with E-state index >= 15 is 0 Å². The van der Waals surface area contributed by atoms with E-state index in [1.807, 2.05) is 18.2 Å². The summed E-state index contributed by atoms with van der Waals surface area (Å²) < 4.78 is 7.31. The van der Waals surface area contributed by atoms with Crippen LogP contribution in [0.1, 0.15) is 31.1 Å². The van der Waals surface area contributed by atoms with Crippen LogP contribution in [-0.4, -0.2) is 22.1 Å². The molecule has 1 atom stereocenters. The van der Waals surface area contributed by atoms with Crippen molar-refractivity contribution in [1.82, 2.24) is 9.55 Å². The highest BCUT2D eigenvalue weighted by Gasteiger charge is 2.33. The molecule has 0 bridgehead atoms. The molecule has 0 saturated carbocycles. The van der Waals surface area contributed by atoms with Gasteiger partial charge in [0.2, 0.25) is 0 Å². The molecule has 2 aromatic heterocycles. The lowest BCUT2D eigenvalue weighted by Crippen LogP contribution is -2.39. The van der Waals surface area contributed by atoms with E-state index in [9.17, 15) is 9.59 Å². The lowest BCUT2D eigenvalue weighted by atomic mass is 9.96. The number of fused-ring (bicyclic) bond motifs is 1. The van der Waals surface area contributed by atoms with E-state index in [0.29, 0.717) is 31.3 Å². The van der Waals surface area contributed by atoms with Crippen LogP contribution in [0.2, 0.25) is 5.02 Å². The second-order valence-corrected chi connectivity index (χ2v) is 8.05. The number of esters is 1. The maximum absolute atomic E-state index is 13.4. The summed E-state index contributed by atoms with van der Waals surface area (Å²) in [5.41, 5.74) is 2.06. The van der Waals surface area contributed by atoms with Crippen molar-refractivity contribution >= 4 is 35.0 Å². The van der Waals surface area contributed by atoms with E-state index in [1.54, 1.807) is 55.0 Å². The van der Waals surface area contributed by atoms with Crippen molar-refractivity contribution in [2.75, 3.05) is 6.61 Å². The quantitative estimate of drug-likeness (QED) is 0.586. The summed E-state index contributed by atoms with van der Waals surface area (Å²) >= 11 is 7.32. The number of hydrogen-bond donors (Lipinski definition) is 0. The lowest BCUT2D eigenvalue weighted by Gasteiger charge is -2.24. The van der Waals surface area contributed by atoms with Gasteiger partial charge in [-0.2, -0.15) is 0 Å². The average Bonchev–Trinajstić information content (AvgIpc) is 3.03. The minimum absolute atomic E-state index is 0.229. The Bertz CT molecular complexity index is 1310. The van der Waals surface area contributed by atoms with Crippen molar-refractivity contribution < 1.29 is 9.53 Å². The number of aromatic nitrogens is 2. The van der Waals surface area contributed by atoms with Crippen LogP contribution >= 0.6 is 22.9 Å². The number of pyridine rings is 1. The highest BCUT2D eigenvalue weighted by molar-refractivity contribution is 7.07. The first-order valence-electron chi connectivity index (χ1n) is 9.35. The molecule has 6 nitrogen and oxygen atoms in total. The van der Waals surface area contributed by atoms with Gasteiger partial charge in [-0.15, -0.1) is 0 Å². The largest absolute Gasteiger partial charge is 0.463 e. The molecular formula is C22H18ClN3O3S. The number of carbonyl (C=O) groups excluding carboxylic acids is 1. The number of halogens is 1. The summed E-state index contributed by atoms with van der Waals surface area (Å²) in [6.45, 7) is 3.73. The maximum Gasteiger partial charge on any atom is 0.338 e. The van der Waals surface area contributed by atoms with Gasteiger partial charge in [0.1, 0.15) is 0 Å². The van der Waals surface area contributed by atoms with Crippen LogP contribution in [0.4, 0.5) is 0 Å². The number of nitrogens with zero attached hydrogens (tertiary/aromatic N) is 3. The van der Waals surface area contributed by atoms with Crippen LogP contribution in [0.15, 0.2) is 69.7 Å². The summed E-state index contributed by atoms with van der Waals surface area (Å²) in [4.78, 5) is 35.5. The van der Waals surface area contributed by atoms with Gasteiger partial charge in [-0.3, -0.25) is 14.3 Å². The smallest absolute Gasteiger partial charge is 0.338 e. The first-order chi connectivity index (χ1) is 14.5. The fraction of sp³-hybridized carbons (Fsp3) is 0.182. The Balaban J connectivity index is 1.96. The zero-order valence-electron chi connectivity index (χ0n) is 16.3. The minimum Gasteiger partial charge on any atom is -0.463 e. The van der Waals surface area contributed by atoms with E-state index in [1.165, 1.54) is 11.3 Å². The number of carbonyl (C=O) groups is 1.